The summed E-state index contributed by atoms with van der Waals surface area (Å²) in [5.74, 6) is 1.64. The zero-order valence-electron chi connectivity index (χ0n) is 13.5. The van der Waals surface area contributed by atoms with Crippen LogP contribution >= 0.6 is 0 Å². The van der Waals surface area contributed by atoms with E-state index in [-0.39, 0.29) is 11.9 Å². The van der Waals surface area contributed by atoms with Gasteiger partial charge in [0.2, 0.25) is 5.91 Å². The quantitative estimate of drug-likeness (QED) is 0.809. The van der Waals surface area contributed by atoms with Crippen molar-refractivity contribution in [3.05, 3.63) is 23.8 Å². The maximum atomic E-state index is 11.6. The van der Waals surface area contributed by atoms with Crippen LogP contribution in [0.25, 0.3) is 0 Å². The minimum absolute atomic E-state index is 0.142. The van der Waals surface area contributed by atoms with Gasteiger partial charge in [0, 0.05) is 0 Å². The lowest BCUT2D eigenvalue weighted by atomic mass is 10.1. The molecule has 0 aliphatic carbocycles. The Balaban J connectivity index is 2.83. The highest BCUT2D eigenvalue weighted by Gasteiger charge is 2.15. The second kappa shape index (κ2) is 7.88. The first-order valence-electron chi connectivity index (χ1n) is 7.21. The maximum absolute atomic E-state index is 11.6. The molecule has 5 nitrogen and oxygen atoms in total. The predicted octanol–water partition coefficient (Wildman–Crippen LogP) is 2.25. The molecule has 0 spiro atoms. The topological polar surface area (TPSA) is 73.6 Å². The highest BCUT2D eigenvalue weighted by Crippen LogP contribution is 2.30. The van der Waals surface area contributed by atoms with Gasteiger partial charge in [0.05, 0.1) is 25.8 Å². The van der Waals surface area contributed by atoms with E-state index < -0.39 is 6.04 Å². The zero-order valence-corrected chi connectivity index (χ0v) is 13.5. The molecule has 0 bridgehead atoms. The van der Waals surface area contributed by atoms with E-state index in [0.29, 0.717) is 24.0 Å². The van der Waals surface area contributed by atoms with Crippen molar-refractivity contribution < 1.29 is 14.3 Å². The number of methoxy groups -OCH3 is 1. The third kappa shape index (κ3) is 5.27. The molecule has 1 aromatic rings. The van der Waals surface area contributed by atoms with Crippen LogP contribution in [-0.4, -0.2) is 25.7 Å². The molecule has 21 heavy (non-hydrogen) atoms. The van der Waals surface area contributed by atoms with E-state index in [2.05, 4.69) is 19.2 Å². The van der Waals surface area contributed by atoms with Crippen molar-refractivity contribution in [3.63, 3.8) is 0 Å². The Bertz CT molecular complexity index is 473. The number of carbonyl (C=O) groups excluding carboxylic acids is 1. The molecule has 2 unspecified atom stereocenters. The Morgan fingerprint density at radius 1 is 1.24 bits per heavy atom. The van der Waals surface area contributed by atoms with Gasteiger partial charge in [-0.05, 0) is 37.5 Å². The molecule has 1 aromatic carbocycles. The van der Waals surface area contributed by atoms with Gasteiger partial charge in [-0.25, -0.2) is 0 Å². The molecule has 0 aliphatic rings. The van der Waals surface area contributed by atoms with Crippen molar-refractivity contribution in [3.8, 4) is 11.5 Å². The van der Waals surface area contributed by atoms with E-state index in [0.717, 1.165) is 5.56 Å². The van der Waals surface area contributed by atoms with Gasteiger partial charge in [0.15, 0.2) is 11.5 Å². The van der Waals surface area contributed by atoms with Crippen LogP contribution in [0.5, 0.6) is 11.5 Å². The Labute approximate surface area is 126 Å². The van der Waals surface area contributed by atoms with Crippen LogP contribution in [0.4, 0.5) is 0 Å². The summed E-state index contributed by atoms with van der Waals surface area (Å²) in [7, 11) is 1.60. The van der Waals surface area contributed by atoms with E-state index in [1.54, 1.807) is 14.0 Å². The summed E-state index contributed by atoms with van der Waals surface area (Å²) in [5.41, 5.74) is 6.50. The van der Waals surface area contributed by atoms with Gasteiger partial charge in [-0.1, -0.05) is 19.9 Å². The monoisotopic (exact) mass is 294 g/mol. The fourth-order valence-corrected chi connectivity index (χ4v) is 1.76. The van der Waals surface area contributed by atoms with Crippen molar-refractivity contribution in [2.24, 2.45) is 11.7 Å². The molecular weight excluding hydrogens is 268 g/mol. The van der Waals surface area contributed by atoms with Crippen LogP contribution in [0.3, 0.4) is 0 Å². The van der Waals surface area contributed by atoms with Gasteiger partial charge >= 0.3 is 0 Å². The predicted molar refractivity (Wildman–Crippen MR) is 83.5 cm³/mol. The molecule has 0 aliphatic heterocycles. The molecule has 0 heterocycles. The molecule has 0 fully saturated rings. The summed E-state index contributed by atoms with van der Waals surface area (Å²) in [6.07, 6.45) is 0. The van der Waals surface area contributed by atoms with E-state index in [1.165, 1.54) is 0 Å². The normalized spacial score (nSPS) is 13.7. The SMILES string of the molecule is COc1cc(C(C)NC(=O)C(C)N)ccc1OCC(C)C. The first-order valence-corrected chi connectivity index (χ1v) is 7.21. The van der Waals surface area contributed by atoms with Crippen LogP contribution in [0.15, 0.2) is 18.2 Å². The van der Waals surface area contributed by atoms with Crippen LogP contribution < -0.4 is 20.5 Å². The number of benzene rings is 1. The summed E-state index contributed by atoms with van der Waals surface area (Å²) < 4.78 is 11.1. The maximum Gasteiger partial charge on any atom is 0.237 e. The summed E-state index contributed by atoms with van der Waals surface area (Å²) in [5, 5.41) is 2.86. The molecule has 0 aromatic heterocycles. The molecule has 3 N–H and O–H groups in total. The van der Waals surface area contributed by atoms with Crippen molar-refractivity contribution in [2.75, 3.05) is 13.7 Å². The van der Waals surface area contributed by atoms with Crippen LogP contribution in [0.2, 0.25) is 0 Å². The summed E-state index contributed by atoms with van der Waals surface area (Å²) in [4.78, 5) is 11.6. The lowest BCUT2D eigenvalue weighted by molar-refractivity contribution is -0.122. The first kappa shape index (κ1) is 17.3. The summed E-state index contributed by atoms with van der Waals surface area (Å²) in [6.45, 7) is 8.38. The van der Waals surface area contributed by atoms with Gasteiger partial charge in [-0.15, -0.1) is 0 Å². The minimum Gasteiger partial charge on any atom is -0.493 e. The molecular formula is C16H26N2O3. The fraction of sp³-hybridized carbons (Fsp3) is 0.562. The van der Waals surface area contributed by atoms with Gasteiger partial charge in [-0.3, -0.25) is 4.79 Å². The Hall–Kier alpha value is -1.75. The molecule has 1 amide bonds. The third-order valence-corrected chi connectivity index (χ3v) is 3.03. The second-order valence-electron chi connectivity index (χ2n) is 5.63. The molecule has 5 heteroatoms. The van der Waals surface area contributed by atoms with Gasteiger partial charge in [0.1, 0.15) is 0 Å². The van der Waals surface area contributed by atoms with Crippen LogP contribution in [0.1, 0.15) is 39.3 Å². The van der Waals surface area contributed by atoms with E-state index >= 15 is 0 Å². The molecule has 0 radical (unpaired) electrons. The van der Waals surface area contributed by atoms with Crippen molar-refractivity contribution in [2.45, 2.75) is 39.8 Å². The Kier molecular flexibility index (Phi) is 6.49. The smallest absolute Gasteiger partial charge is 0.237 e. The fourth-order valence-electron chi connectivity index (χ4n) is 1.76. The Morgan fingerprint density at radius 2 is 1.90 bits per heavy atom. The van der Waals surface area contributed by atoms with Gasteiger partial charge in [0.25, 0.3) is 0 Å². The zero-order chi connectivity index (χ0) is 16.0. The van der Waals surface area contributed by atoms with Gasteiger partial charge < -0.3 is 20.5 Å². The standard InChI is InChI=1S/C16H26N2O3/c1-10(2)9-21-14-7-6-13(8-15(14)20-5)12(4)18-16(19)11(3)17/h6-8,10-12H,9,17H2,1-5H3,(H,18,19). The molecule has 2 atom stereocenters. The number of hydrogen-bond acceptors (Lipinski definition) is 4. The number of carbonyl (C=O) groups is 1. The second-order valence-corrected chi connectivity index (χ2v) is 5.63. The van der Waals surface area contributed by atoms with Crippen molar-refractivity contribution >= 4 is 5.91 Å². The van der Waals surface area contributed by atoms with Crippen LogP contribution in [-0.2, 0) is 4.79 Å². The summed E-state index contributed by atoms with van der Waals surface area (Å²) in [6, 6.07) is 5.00. The Morgan fingerprint density at radius 3 is 2.43 bits per heavy atom. The van der Waals surface area contributed by atoms with Crippen molar-refractivity contribution in [1.29, 1.82) is 0 Å². The van der Waals surface area contributed by atoms with Gasteiger partial charge in [-0.2, -0.15) is 0 Å². The average molecular weight is 294 g/mol. The number of ether oxygens (including phenoxy) is 2. The lowest BCUT2D eigenvalue weighted by Crippen LogP contribution is -2.39. The number of amides is 1. The highest BCUT2D eigenvalue weighted by molar-refractivity contribution is 5.81. The number of nitrogens with two attached hydrogens (primary N) is 1. The summed E-state index contributed by atoms with van der Waals surface area (Å²) >= 11 is 0. The number of hydrogen-bond donors (Lipinski definition) is 2. The molecule has 0 saturated heterocycles. The average Bonchev–Trinajstić information content (AvgIpc) is 2.44. The number of nitrogens with one attached hydrogen (secondary N) is 1. The van der Waals surface area contributed by atoms with Crippen molar-refractivity contribution in [1.82, 2.24) is 5.32 Å². The van der Waals surface area contributed by atoms with E-state index in [9.17, 15) is 4.79 Å². The molecule has 0 saturated carbocycles. The molecule has 1 rings (SSSR count). The number of rotatable bonds is 7. The van der Waals surface area contributed by atoms with Crippen LogP contribution in [0, 0.1) is 5.92 Å². The highest BCUT2D eigenvalue weighted by atomic mass is 16.5. The lowest BCUT2D eigenvalue weighted by Gasteiger charge is -2.18. The third-order valence-electron chi connectivity index (χ3n) is 3.03. The first-order chi connectivity index (χ1) is 9.85. The van der Waals surface area contributed by atoms with E-state index in [1.807, 2.05) is 25.1 Å². The minimum atomic E-state index is -0.525. The van der Waals surface area contributed by atoms with E-state index in [4.69, 9.17) is 15.2 Å². The molecule has 118 valence electrons. The largest absolute Gasteiger partial charge is 0.493 e.